The van der Waals surface area contributed by atoms with Crippen molar-refractivity contribution in [2.45, 2.75) is 6.92 Å². The molecule has 5 heteroatoms. The summed E-state index contributed by atoms with van der Waals surface area (Å²) in [5.74, 6) is -0.118. The Hall–Kier alpha value is -3.31. The van der Waals surface area contributed by atoms with E-state index in [9.17, 15) is 9.18 Å². The molecule has 0 aliphatic carbocycles. The number of nitrogens with one attached hydrogen (secondary N) is 2. The van der Waals surface area contributed by atoms with Crippen LogP contribution < -0.4 is 5.32 Å². The van der Waals surface area contributed by atoms with Crippen LogP contribution in [0.25, 0.3) is 22.0 Å². The minimum absolute atomic E-state index is 0.246. The minimum atomic E-state index is -0.359. The number of H-pyrrole nitrogens is 1. The summed E-state index contributed by atoms with van der Waals surface area (Å²) in [6, 6.07) is 21.2. The lowest BCUT2D eigenvalue weighted by molar-refractivity contribution is 0.102. The van der Waals surface area contributed by atoms with Crippen LogP contribution in [0.2, 0.25) is 0 Å². The summed E-state index contributed by atoms with van der Waals surface area (Å²) in [7, 11) is 0. The largest absolute Gasteiger partial charge is 0.341 e. The number of hydrogen-bond acceptors (Lipinski definition) is 2. The zero-order valence-corrected chi connectivity index (χ0v) is 15.9. The average molecular weight is 388 g/mol. The predicted molar refractivity (Wildman–Crippen MR) is 114 cm³/mol. The molecule has 0 saturated heterocycles. The standard InChI is InChI=1S/C23H17FN2OS/c1-14-7-9-16(10-8-14)23(27)26-22-20(15-5-3-2-4-6-15)21(28)18-13-17(24)11-12-19(18)25-22/h2-13H,1H3,(H2,25,26,27,28). The summed E-state index contributed by atoms with van der Waals surface area (Å²) in [5, 5.41) is 3.54. The third-order valence-corrected chi connectivity index (χ3v) is 5.00. The fourth-order valence-corrected chi connectivity index (χ4v) is 3.51. The molecule has 1 aromatic heterocycles. The summed E-state index contributed by atoms with van der Waals surface area (Å²) in [6.45, 7) is 1.97. The number of fused-ring (bicyclic) bond motifs is 1. The maximum absolute atomic E-state index is 13.8. The van der Waals surface area contributed by atoms with Gasteiger partial charge in [-0.15, -0.1) is 0 Å². The summed E-state index contributed by atoms with van der Waals surface area (Å²) in [4.78, 5) is 16.0. The highest BCUT2D eigenvalue weighted by atomic mass is 32.1. The lowest BCUT2D eigenvalue weighted by Crippen LogP contribution is -2.14. The van der Waals surface area contributed by atoms with Gasteiger partial charge >= 0.3 is 0 Å². The number of aromatic amines is 1. The number of amides is 1. The van der Waals surface area contributed by atoms with E-state index < -0.39 is 0 Å². The van der Waals surface area contributed by atoms with Gasteiger partial charge in [-0.05, 0) is 42.8 Å². The van der Waals surface area contributed by atoms with Crippen molar-refractivity contribution in [2.75, 3.05) is 5.32 Å². The quantitative estimate of drug-likeness (QED) is 0.407. The van der Waals surface area contributed by atoms with E-state index in [1.807, 2.05) is 49.4 Å². The zero-order valence-electron chi connectivity index (χ0n) is 15.1. The average Bonchev–Trinajstić information content (AvgIpc) is 2.70. The van der Waals surface area contributed by atoms with Crippen molar-refractivity contribution in [1.29, 1.82) is 0 Å². The highest BCUT2D eigenvalue weighted by Crippen LogP contribution is 2.32. The Morgan fingerprint density at radius 3 is 2.43 bits per heavy atom. The second-order valence-corrected chi connectivity index (χ2v) is 6.99. The first kappa shape index (κ1) is 18.1. The second-order valence-electron chi connectivity index (χ2n) is 6.58. The number of benzene rings is 3. The van der Waals surface area contributed by atoms with E-state index in [0.717, 1.165) is 11.1 Å². The molecule has 0 atom stereocenters. The first-order valence-electron chi connectivity index (χ1n) is 8.82. The van der Waals surface area contributed by atoms with Gasteiger partial charge in [0, 0.05) is 22.0 Å². The third-order valence-electron chi connectivity index (χ3n) is 4.58. The van der Waals surface area contributed by atoms with Crippen LogP contribution in [-0.4, -0.2) is 10.9 Å². The van der Waals surface area contributed by atoms with E-state index in [-0.39, 0.29) is 11.7 Å². The van der Waals surface area contributed by atoms with Crippen molar-refractivity contribution in [1.82, 2.24) is 4.98 Å². The SMILES string of the molecule is Cc1ccc(C(=O)Nc2[nH]c3ccc(F)cc3c(=S)c2-c2ccccc2)cc1. The molecule has 4 rings (SSSR count). The Morgan fingerprint density at radius 2 is 1.71 bits per heavy atom. The van der Waals surface area contributed by atoms with Crippen molar-refractivity contribution in [3.63, 3.8) is 0 Å². The molecule has 0 saturated carbocycles. The molecule has 138 valence electrons. The van der Waals surface area contributed by atoms with Crippen LogP contribution in [-0.2, 0) is 0 Å². The van der Waals surface area contributed by atoms with E-state index >= 15 is 0 Å². The van der Waals surface area contributed by atoms with Gasteiger partial charge in [0.25, 0.3) is 5.91 Å². The lowest BCUT2D eigenvalue weighted by Gasteiger charge is -2.14. The molecule has 4 aromatic rings. The number of hydrogen-bond donors (Lipinski definition) is 2. The molecule has 0 bridgehead atoms. The van der Waals surface area contributed by atoms with Crippen molar-refractivity contribution in [3.05, 3.63) is 94.3 Å². The van der Waals surface area contributed by atoms with Crippen molar-refractivity contribution in [3.8, 4) is 11.1 Å². The van der Waals surface area contributed by atoms with E-state index in [4.69, 9.17) is 12.2 Å². The van der Waals surface area contributed by atoms with E-state index in [1.54, 1.807) is 18.2 Å². The molecule has 1 heterocycles. The zero-order chi connectivity index (χ0) is 19.7. The Labute approximate surface area is 166 Å². The normalized spacial score (nSPS) is 10.8. The van der Waals surface area contributed by atoms with Gasteiger partial charge in [-0.1, -0.05) is 60.2 Å². The van der Waals surface area contributed by atoms with Crippen LogP contribution in [0.4, 0.5) is 10.2 Å². The fourth-order valence-electron chi connectivity index (χ4n) is 3.12. The minimum Gasteiger partial charge on any atom is -0.341 e. The van der Waals surface area contributed by atoms with Gasteiger partial charge in [-0.2, -0.15) is 0 Å². The van der Waals surface area contributed by atoms with Crippen LogP contribution in [0, 0.1) is 17.3 Å². The number of anilines is 1. The molecule has 28 heavy (non-hydrogen) atoms. The highest BCUT2D eigenvalue weighted by Gasteiger charge is 2.15. The number of carbonyl (C=O) groups excluding carboxylic acids is 1. The molecule has 3 aromatic carbocycles. The van der Waals surface area contributed by atoms with Crippen molar-refractivity contribution < 1.29 is 9.18 Å². The second kappa shape index (κ2) is 7.37. The summed E-state index contributed by atoms with van der Waals surface area (Å²) in [5.41, 5.74) is 3.78. The smallest absolute Gasteiger partial charge is 0.256 e. The van der Waals surface area contributed by atoms with Crippen molar-refractivity contribution in [2.24, 2.45) is 0 Å². The number of aromatic nitrogens is 1. The maximum Gasteiger partial charge on any atom is 0.256 e. The number of aryl methyl sites for hydroxylation is 1. The molecule has 0 unspecified atom stereocenters. The highest BCUT2D eigenvalue weighted by molar-refractivity contribution is 7.71. The topological polar surface area (TPSA) is 44.9 Å². The fraction of sp³-hybridized carbons (Fsp3) is 0.0435. The maximum atomic E-state index is 13.8. The molecule has 2 N–H and O–H groups in total. The van der Waals surface area contributed by atoms with Gasteiger partial charge in [0.2, 0.25) is 0 Å². The molecule has 0 aliphatic heterocycles. The molecular formula is C23H17FN2OS. The Kier molecular flexibility index (Phi) is 4.75. The van der Waals surface area contributed by atoms with E-state index in [2.05, 4.69) is 10.3 Å². The van der Waals surface area contributed by atoms with Crippen LogP contribution in [0.15, 0.2) is 72.8 Å². The van der Waals surface area contributed by atoms with Gasteiger partial charge in [-0.3, -0.25) is 4.79 Å². The van der Waals surface area contributed by atoms with Gasteiger partial charge in [-0.25, -0.2) is 4.39 Å². The molecule has 0 spiro atoms. The Balaban J connectivity index is 1.89. The van der Waals surface area contributed by atoms with Crippen LogP contribution in [0.5, 0.6) is 0 Å². The Morgan fingerprint density at radius 1 is 1.00 bits per heavy atom. The molecule has 0 radical (unpaired) electrons. The number of carbonyl (C=O) groups is 1. The molecule has 0 fully saturated rings. The molecule has 3 nitrogen and oxygen atoms in total. The van der Waals surface area contributed by atoms with Gasteiger partial charge in [0.05, 0.1) is 4.51 Å². The van der Waals surface area contributed by atoms with Gasteiger partial charge in [0.1, 0.15) is 11.6 Å². The first-order valence-corrected chi connectivity index (χ1v) is 9.23. The molecular weight excluding hydrogens is 371 g/mol. The number of pyridine rings is 1. The van der Waals surface area contributed by atoms with E-state index in [1.165, 1.54) is 12.1 Å². The number of rotatable bonds is 3. The van der Waals surface area contributed by atoms with E-state index in [0.29, 0.717) is 32.4 Å². The summed E-state index contributed by atoms with van der Waals surface area (Å²) >= 11 is 5.67. The summed E-state index contributed by atoms with van der Waals surface area (Å²) < 4.78 is 14.3. The lowest BCUT2D eigenvalue weighted by atomic mass is 10.0. The van der Waals surface area contributed by atoms with Gasteiger partial charge < -0.3 is 10.3 Å². The van der Waals surface area contributed by atoms with Crippen LogP contribution in [0.3, 0.4) is 0 Å². The van der Waals surface area contributed by atoms with Crippen LogP contribution >= 0.6 is 12.2 Å². The first-order chi connectivity index (χ1) is 13.5. The van der Waals surface area contributed by atoms with Crippen molar-refractivity contribution >= 4 is 34.8 Å². The molecule has 1 amide bonds. The Bertz CT molecular complexity index is 1230. The van der Waals surface area contributed by atoms with Gasteiger partial charge in [0.15, 0.2) is 0 Å². The summed E-state index contributed by atoms with van der Waals surface area (Å²) in [6.07, 6.45) is 0. The monoisotopic (exact) mass is 388 g/mol. The predicted octanol–water partition coefficient (Wildman–Crippen LogP) is 6.26. The number of halogens is 1. The third kappa shape index (κ3) is 3.44. The van der Waals surface area contributed by atoms with Crippen LogP contribution in [0.1, 0.15) is 15.9 Å². The molecule has 0 aliphatic rings.